The lowest BCUT2D eigenvalue weighted by Gasteiger charge is -2.18. The molecule has 0 bridgehead atoms. The number of hydrogen-bond donors (Lipinski definition) is 0. The number of rotatable bonds is 10. The summed E-state index contributed by atoms with van der Waals surface area (Å²) < 4.78 is 66.9. The van der Waals surface area contributed by atoms with Crippen LogP contribution < -0.4 is 14.2 Å². The van der Waals surface area contributed by atoms with Crippen LogP contribution in [0.1, 0.15) is 5.56 Å². The van der Waals surface area contributed by atoms with E-state index in [-0.39, 0.29) is 25.8 Å². The van der Waals surface area contributed by atoms with E-state index < -0.39 is 12.3 Å². The Balaban J connectivity index is 2.53. The highest BCUT2D eigenvalue weighted by atomic mass is 19.4. The van der Waals surface area contributed by atoms with Crippen molar-refractivity contribution in [1.29, 1.82) is 0 Å². The number of benzene rings is 2. The van der Waals surface area contributed by atoms with Crippen molar-refractivity contribution in [2.24, 2.45) is 0 Å². The maximum Gasteiger partial charge on any atom is 0.573 e. The van der Waals surface area contributed by atoms with Gasteiger partial charge in [-0.1, -0.05) is 12.1 Å². The second-order valence-electron chi connectivity index (χ2n) is 5.88. The van der Waals surface area contributed by atoms with Gasteiger partial charge in [-0.05, 0) is 29.3 Å². The largest absolute Gasteiger partial charge is 0.573 e. The van der Waals surface area contributed by atoms with Crippen molar-refractivity contribution in [3.05, 3.63) is 42.0 Å². The summed E-state index contributed by atoms with van der Waals surface area (Å²) in [5.74, 6) is -0.230. The molecule has 0 spiro atoms. The Morgan fingerprint density at radius 1 is 0.900 bits per heavy atom. The van der Waals surface area contributed by atoms with Crippen molar-refractivity contribution in [3.8, 4) is 28.4 Å². The fourth-order valence-corrected chi connectivity index (χ4v) is 2.61. The molecule has 0 saturated carbocycles. The summed E-state index contributed by atoms with van der Waals surface area (Å²) in [6, 6.07) is 8.35. The van der Waals surface area contributed by atoms with Crippen molar-refractivity contribution >= 4 is 5.97 Å². The normalized spacial score (nSPS) is 11.1. The quantitative estimate of drug-likeness (QED) is 0.418. The van der Waals surface area contributed by atoms with E-state index in [0.717, 1.165) is 0 Å². The highest BCUT2D eigenvalue weighted by molar-refractivity contribution is 5.82. The number of carbonyl (C=O) groups excluding carboxylic acids is 1. The third kappa shape index (κ3) is 6.82. The number of hydrogen-bond acceptors (Lipinski definition) is 7. The first-order valence-electron chi connectivity index (χ1n) is 8.60. The first-order chi connectivity index (χ1) is 14.3. The molecule has 0 aliphatic carbocycles. The van der Waals surface area contributed by atoms with Crippen LogP contribution in [0.25, 0.3) is 11.1 Å². The van der Waals surface area contributed by atoms with Gasteiger partial charge in [0.25, 0.3) is 0 Å². The van der Waals surface area contributed by atoms with Crippen LogP contribution in [0.5, 0.6) is 17.2 Å². The predicted molar refractivity (Wildman–Crippen MR) is 99.3 cm³/mol. The summed E-state index contributed by atoms with van der Waals surface area (Å²) in [7, 11) is 4.14. The summed E-state index contributed by atoms with van der Waals surface area (Å²) in [4.78, 5) is 11.9. The maximum absolute atomic E-state index is 12.4. The molecule has 0 fully saturated rings. The Hall–Kier alpha value is -2.98. The number of methoxy groups -OCH3 is 3. The van der Waals surface area contributed by atoms with Crippen molar-refractivity contribution in [2.75, 3.05) is 34.9 Å². The van der Waals surface area contributed by atoms with E-state index in [1.54, 1.807) is 12.1 Å². The Kier molecular flexibility index (Phi) is 8.31. The Morgan fingerprint density at radius 3 is 2.10 bits per heavy atom. The maximum atomic E-state index is 12.4. The van der Waals surface area contributed by atoms with E-state index in [4.69, 9.17) is 23.7 Å². The highest BCUT2D eigenvalue weighted by Crippen LogP contribution is 2.39. The topological polar surface area (TPSA) is 72.5 Å². The lowest BCUT2D eigenvalue weighted by molar-refractivity contribution is -0.274. The molecule has 0 aliphatic rings. The molecule has 2 aromatic rings. The SMILES string of the molecule is COCOc1cc(CC(=O)OC)c(-c2ccc(OC(F)(F)F)cc2)c(OCOC)c1. The van der Waals surface area contributed by atoms with Crippen LogP contribution in [-0.2, 0) is 25.4 Å². The lowest BCUT2D eigenvalue weighted by atomic mass is 9.96. The molecule has 0 atom stereocenters. The molecule has 0 heterocycles. The van der Waals surface area contributed by atoms with E-state index in [1.807, 2.05) is 0 Å². The van der Waals surface area contributed by atoms with E-state index in [0.29, 0.717) is 28.2 Å². The number of ether oxygens (including phenoxy) is 6. The lowest BCUT2D eigenvalue weighted by Crippen LogP contribution is -2.17. The molecular weight excluding hydrogens is 409 g/mol. The number of alkyl halides is 3. The standard InChI is InChI=1S/C20H21F3O7/c1-25-11-28-16-8-14(9-18(24)27-3)19(17(10-16)29-12-26-2)13-4-6-15(7-5-13)30-20(21,22)23/h4-8,10H,9,11-12H2,1-3H3. The van der Waals surface area contributed by atoms with Gasteiger partial charge in [-0.2, -0.15) is 0 Å². The van der Waals surface area contributed by atoms with E-state index >= 15 is 0 Å². The van der Waals surface area contributed by atoms with Gasteiger partial charge in [-0.3, -0.25) is 4.79 Å². The molecule has 0 amide bonds. The van der Waals surface area contributed by atoms with Gasteiger partial charge in [0.2, 0.25) is 0 Å². The second kappa shape index (κ2) is 10.7. The van der Waals surface area contributed by atoms with Gasteiger partial charge in [0.1, 0.15) is 17.2 Å². The van der Waals surface area contributed by atoms with Gasteiger partial charge < -0.3 is 28.4 Å². The molecule has 0 aromatic heterocycles. The Bertz CT molecular complexity index is 836. The summed E-state index contributed by atoms with van der Waals surface area (Å²) in [6.45, 7) is -0.141. The first kappa shape index (κ1) is 23.3. The molecule has 164 valence electrons. The molecule has 0 aliphatic heterocycles. The second-order valence-corrected chi connectivity index (χ2v) is 5.88. The molecule has 0 N–H and O–H groups in total. The average Bonchev–Trinajstić information content (AvgIpc) is 2.70. The fourth-order valence-electron chi connectivity index (χ4n) is 2.61. The zero-order valence-corrected chi connectivity index (χ0v) is 16.6. The fraction of sp³-hybridized carbons (Fsp3) is 0.350. The molecule has 0 saturated heterocycles. The molecule has 30 heavy (non-hydrogen) atoms. The van der Waals surface area contributed by atoms with Gasteiger partial charge in [-0.25, -0.2) is 0 Å². The van der Waals surface area contributed by atoms with Crippen LogP contribution in [0.2, 0.25) is 0 Å². The van der Waals surface area contributed by atoms with Crippen molar-refractivity contribution < 1.29 is 46.4 Å². The number of esters is 1. The smallest absolute Gasteiger partial charge is 0.469 e. The zero-order chi connectivity index (χ0) is 22.1. The van der Waals surface area contributed by atoms with Gasteiger partial charge in [-0.15, -0.1) is 13.2 Å². The van der Waals surface area contributed by atoms with Crippen LogP contribution >= 0.6 is 0 Å². The molecular formula is C20H21F3O7. The van der Waals surface area contributed by atoms with Crippen molar-refractivity contribution in [2.45, 2.75) is 12.8 Å². The molecule has 0 radical (unpaired) electrons. The molecule has 7 nitrogen and oxygen atoms in total. The van der Waals surface area contributed by atoms with Crippen LogP contribution in [0, 0.1) is 0 Å². The minimum atomic E-state index is -4.80. The third-order valence-corrected chi connectivity index (χ3v) is 3.77. The van der Waals surface area contributed by atoms with Crippen LogP contribution in [0.15, 0.2) is 36.4 Å². The van der Waals surface area contributed by atoms with Crippen LogP contribution in [0.3, 0.4) is 0 Å². The van der Waals surface area contributed by atoms with Crippen molar-refractivity contribution in [1.82, 2.24) is 0 Å². The van der Waals surface area contributed by atoms with E-state index in [2.05, 4.69) is 4.74 Å². The summed E-state index contributed by atoms with van der Waals surface area (Å²) in [5.41, 5.74) is 1.44. The molecule has 10 heteroatoms. The monoisotopic (exact) mass is 430 g/mol. The summed E-state index contributed by atoms with van der Waals surface area (Å²) >= 11 is 0. The van der Waals surface area contributed by atoms with Gasteiger partial charge in [0.05, 0.1) is 13.5 Å². The third-order valence-electron chi connectivity index (χ3n) is 3.77. The molecule has 0 unspecified atom stereocenters. The van der Waals surface area contributed by atoms with Gasteiger partial charge >= 0.3 is 12.3 Å². The summed E-state index contributed by atoms with van der Waals surface area (Å²) in [6.07, 6.45) is -4.93. The zero-order valence-electron chi connectivity index (χ0n) is 16.6. The minimum Gasteiger partial charge on any atom is -0.469 e. The van der Waals surface area contributed by atoms with Gasteiger partial charge in [0.15, 0.2) is 13.6 Å². The Labute approximate surface area is 171 Å². The van der Waals surface area contributed by atoms with E-state index in [9.17, 15) is 18.0 Å². The number of carbonyl (C=O) groups is 1. The minimum absolute atomic E-state index is 0.0375. The number of halogens is 3. The van der Waals surface area contributed by atoms with Crippen LogP contribution in [0.4, 0.5) is 13.2 Å². The Morgan fingerprint density at radius 2 is 1.53 bits per heavy atom. The van der Waals surface area contributed by atoms with E-state index in [1.165, 1.54) is 45.6 Å². The predicted octanol–water partition coefficient (Wildman–Crippen LogP) is 3.93. The van der Waals surface area contributed by atoms with Gasteiger partial charge in [0, 0.05) is 25.8 Å². The van der Waals surface area contributed by atoms with Crippen LogP contribution in [-0.4, -0.2) is 47.2 Å². The molecule has 2 aromatic carbocycles. The first-order valence-corrected chi connectivity index (χ1v) is 8.60. The molecule has 2 rings (SSSR count). The average molecular weight is 430 g/mol. The van der Waals surface area contributed by atoms with Crippen molar-refractivity contribution in [3.63, 3.8) is 0 Å². The highest BCUT2D eigenvalue weighted by Gasteiger charge is 2.31. The summed E-state index contributed by atoms with van der Waals surface area (Å²) in [5, 5.41) is 0.